The van der Waals surface area contributed by atoms with Gasteiger partial charge in [-0.15, -0.1) is 0 Å². The minimum atomic E-state index is -0.348. The number of aliphatic hydroxyl groups is 1. The minimum absolute atomic E-state index is 0.0183. The Labute approximate surface area is 149 Å². The Morgan fingerprint density at radius 1 is 1.20 bits per heavy atom. The van der Waals surface area contributed by atoms with Gasteiger partial charge in [-0.1, -0.05) is 31.0 Å². The van der Waals surface area contributed by atoms with Crippen molar-refractivity contribution in [1.29, 1.82) is 0 Å². The summed E-state index contributed by atoms with van der Waals surface area (Å²) in [6.07, 6.45) is 6.64. The van der Waals surface area contributed by atoms with E-state index in [0.29, 0.717) is 18.4 Å². The van der Waals surface area contributed by atoms with Crippen LogP contribution in [0, 0.1) is 11.8 Å². The van der Waals surface area contributed by atoms with E-state index in [1.54, 1.807) is 0 Å². The molecule has 5 unspecified atom stereocenters. The summed E-state index contributed by atoms with van der Waals surface area (Å²) in [5, 5.41) is 10.2. The van der Waals surface area contributed by atoms with Crippen LogP contribution in [0.5, 0.6) is 5.75 Å². The van der Waals surface area contributed by atoms with Crippen LogP contribution >= 0.6 is 0 Å². The number of rotatable bonds is 2. The van der Waals surface area contributed by atoms with Crippen molar-refractivity contribution in [3.8, 4) is 5.75 Å². The summed E-state index contributed by atoms with van der Waals surface area (Å²) in [7, 11) is 0. The van der Waals surface area contributed by atoms with E-state index >= 15 is 0 Å². The summed E-state index contributed by atoms with van der Waals surface area (Å²) < 4.78 is 5.92. The van der Waals surface area contributed by atoms with E-state index < -0.39 is 0 Å². The fraction of sp³-hybridized carbons (Fsp3) is 0.650. The molecule has 0 spiro atoms. The number of carbonyl (C=O) groups is 1. The van der Waals surface area contributed by atoms with Crippen LogP contribution in [0.2, 0.25) is 0 Å². The van der Waals surface area contributed by atoms with E-state index in [0.717, 1.165) is 49.8 Å². The number of primary amides is 1. The number of nitrogens with zero attached hydrogens (tertiary/aromatic N) is 1. The summed E-state index contributed by atoms with van der Waals surface area (Å²) in [4.78, 5) is 14.3. The van der Waals surface area contributed by atoms with Crippen LogP contribution in [0.1, 0.15) is 44.1 Å². The maximum Gasteiger partial charge on any atom is 0.315 e. The van der Waals surface area contributed by atoms with Crippen molar-refractivity contribution in [2.24, 2.45) is 17.6 Å². The number of urea groups is 1. The fourth-order valence-corrected chi connectivity index (χ4v) is 5.33. The molecule has 3 aliphatic rings. The molecule has 5 heteroatoms. The second-order valence-electron chi connectivity index (χ2n) is 7.91. The molecule has 2 amide bonds. The van der Waals surface area contributed by atoms with Crippen LogP contribution < -0.4 is 10.5 Å². The molecule has 0 saturated heterocycles. The van der Waals surface area contributed by atoms with Crippen LogP contribution in [-0.4, -0.2) is 40.8 Å². The molecular weight excluding hydrogens is 316 g/mol. The Balaban J connectivity index is 1.58. The maximum absolute atomic E-state index is 12.4. The number of nitrogens with two attached hydrogens (primary N) is 1. The number of fused-ring (bicyclic) bond motifs is 2. The van der Waals surface area contributed by atoms with E-state index in [2.05, 4.69) is 6.07 Å². The van der Waals surface area contributed by atoms with Gasteiger partial charge in [-0.05, 0) is 55.6 Å². The number of ether oxygens (including phenoxy) is 1. The summed E-state index contributed by atoms with van der Waals surface area (Å²) in [5.41, 5.74) is 6.98. The highest BCUT2D eigenvalue weighted by Gasteiger charge is 2.43. The topological polar surface area (TPSA) is 75.8 Å². The number of aliphatic hydroxyl groups excluding tert-OH is 1. The van der Waals surface area contributed by atoms with Gasteiger partial charge in [0.15, 0.2) is 0 Å². The Morgan fingerprint density at radius 2 is 2.04 bits per heavy atom. The first-order chi connectivity index (χ1) is 12.1. The molecule has 5 nitrogen and oxygen atoms in total. The lowest BCUT2D eigenvalue weighted by atomic mass is 9.67. The quantitative estimate of drug-likeness (QED) is 0.866. The van der Waals surface area contributed by atoms with E-state index in [4.69, 9.17) is 10.5 Å². The molecule has 136 valence electrons. The molecule has 0 bridgehead atoms. The first-order valence-corrected chi connectivity index (χ1v) is 9.60. The van der Waals surface area contributed by atoms with E-state index in [9.17, 15) is 9.90 Å². The lowest BCUT2D eigenvalue weighted by molar-refractivity contribution is -0.0131. The zero-order chi connectivity index (χ0) is 17.4. The highest BCUT2D eigenvalue weighted by molar-refractivity contribution is 5.73. The highest BCUT2D eigenvalue weighted by atomic mass is 16.5. The summed E-state index contributed by atoms with van der Waals surface area (Å²) >= 11 is 0. The Hall–Kier alpha value is -1.75. The number of hydrogen-bond donors (Lipinski definition) is 2. The first kappa shape index (κ1) is 16.7. The Morgan fingerprint density at radius 3 is 2.88 bits per heavy atom. The standard InChI is InChI=1S/C20H28N2O3/c21-20(24)22(15-10-14-4-1-2-7-19(14)25-12-15)18-6-3-5-13-8-9-16(23)11-17(13)18/h1-2,4,7,13,15-18,23H,3,5-6,8-12H2,(H2,21,24). The normalized spacial score (nSPS) is 34.4. The molecule has 1 heterocycles. The number of amides is 2. The third-order valence-corrected chi connectivity index (χ3v) is 6.45. The minimum Gasteiger partial charge on any atom is -0.491 e. The predicted octanol–water partition coefficient (Wildman–Crippen LogP) is 2.70. The number of hydrogen-bond acceptors (Lipinski definition) is 3. The highest BCUT2D eigenvalue weighted by Crippen LogP contribution is 2.43. The lowest BCUT2D eigenvalue weighted by Gasteiger charge is -2.49. The average molecular weight is 344 g/mol. The van der Waals surface area contributed by atoms with Gasteiger partial charge in [-0.25, -0.2) is 4.79 Å². The predicted molar refractivity (Wildman–Crippen MR) is 95.3 cm³/mol. The van der Waals surface area contributed by atoms with Gasteiger partial charge in [0.25, 0.3) is 0 Å². The summed E-state index contributed by atoms with van der Waals surface area (Å²) in [6.45, 7) is 0.496. The Kier molecular flexibility index (Phi) is 4.59. The largest absolute Gasteiger partial charge is 0.491 e. The van der Waals surface area contributed by atoms with Crippen LogP contribution in [0.25, 0.3) is 0 Å². The van der Waals surface area contributed by atoms with Crippen molar-refractivity contribution in [2.45, 2.75) is 63.1 Å². The zero-order valence-corrected chi connectivity index (χ0v) is 14.6. The molecule has 3 N–H and O–H groups in total. The van der Waals surface area contributed by atoms with Crippen molar-refractivity contribution in [1.82, 2.24) is 4.90 Å². The molecule has 2 aliphatic carbocycles. The fourth-order valence-electron chi connectivity index (χ4n) is 5.33. The monoisotopic (exact) mass is 344 g/mol. The van der Waals surface area contributed by atoms with Crippen LogP contribution in [0.4, 0.5) is 4.79 Å². The molecule has 2 saturated carbocycles. The molecule has 25 heavy (non-hydrogen) atoms. The van der Waals surface area contributed by atoms with Crippen LogP contribution in [-0.2, 0) is 6.42 Å². The van der Waals surface area contributed by atoms with Crippen molar-refractivity contribution >= 4 is 6.03 Å². The molecule has 0 radical (unpaired) electrons. The van der Waals surface area contributed by atoms with Gasteiger partial charge in [-0.3, -0.25) is 0 Å². The van der Waals surface area contributed by atoms with Gasteiger partial charge in [0.2, 0.25) is 0 Å². The summed E-state index contributed by atoms with van der Waals surface area (Å²) in [5.74, 6) is 1.89. The van der Waals surface area contributed by atoms with Gasteiger partial charge in [0.1, 0.15) is 12.4 Å². The van der Waals surface area contributed by atoms with Crippen molar-refractivity contribution in [3.63, 3.8) is 0 Å². The van der Waals surface area contributed by atoms with Gasteiger partial charge < -0.3 is 20.5 Å². The smallest absolute Gasteiger partial charge is 0.315 e. The van der Waals surface area contributed by atoms with E-state index in [-0.39, 0.29) is 24.2 Å². The number of carbonyl (C=O) groups excluding carboxylic acids is 1. The maximum atomic E-state index is 12.4. The first-order valence-electron chi connectivity index (χ1n) is 9.60. The van der Waals surface area contributed by atoms with E-state index in [1.165, 1.54) is 6.42 Å². The van der Waals surface area contributed by atoms with Crippen molar-refractivity contribution in [2.75, 3.05) is 6.61 Å². The molecule has 1 aromatic rings. The molecule has 5 atom stereocenters. The molecule has 4 rings (SSSR count). The van der Waals surface area contributed by atoms with Crippen molar-refractivity contribution < 1.29 is 14.6 Å². The molecule has 1 aromatic carbocycles. The second kappa shape index (κ2) is 6.87. The lowest BCUT2D eigenvalue weighted by Crippen LogP contribution is -2.58. The van der Waals surface area contributed by atoms with Gasteiger partial charge >= 0.3 is 6.03 Å². The second-order valence-corrected chi connectivity index (χ2v) is 7.91. The zero-order valence-electron chi connectivity index (χ0n) is 14.6. The third kappa shape index (κ3) is 3.22. The summed E-state index contributed by atoms with van der Waals surface area (Å²) in [6, 6.07) is 7.79. The molecule has 2 fully saturated rings. The number of benzene rings is 1. The SMILES string of the molecule is NC(=O)N(C1COc2ccccc2C1)C1CCCC2CCC(O)CC21. The number of para-hydroxylation sites is 1. The molecule has 1 aliphatic heterocycles. The van der Waals surface area contributed by atoms with E-state index in [1.807, 2.05) is 23.1 Å². The molecule has 0 aromatic heterocycles. The van der Waals surface area contributed by atoms with Crippen LogP contribution in [0.3, 0.4) is 0 Å². The van der Waals surface area contributed by atoms with Crippen LogP contribution in [0.15, 0.2) is 24.3 Å². The van der Waals surface area contributed by atoms with Gasteiger partial charge in [0, 0.05) is 6.04 Å². The Bertz CT molecular complexity index is 635. The van der Waals surface area contributed by atoms with Gasteiger partial charge in [0.05, 0.1) is 12.1 Å². The third-order valence-electron chi connectivity index (χ3n) is 6.45. The average Bonchev–Trinajstić information content (AvgIpc) is 2.62. The molecular formula is C20H28N2O3. The van der Waals surface area contributed by atoms with Crippen molar-refractivity contribution in [3.05, 3.63) is 29.8 Å². The van der Waals surface area contributed by atoms with Gasteiger partial charge in [-0.2, -0.15) is 0 Å².